The van der Waals surface area contributed by atoms with Crippen LogP contribution in [0.3, 0.4) is 0 Å². The second-order valence-corrected chi connectivity index (χ2v) is 3.10. The molecule has 0 aromatic heterocycles. The van der Waals surface area contributed by atoms with Crippen LogP contribution in [0.15, 0.2) is 18.2 Å². The Balaban J connectivity index is 2.63. The number of rotatable bonds is 4. The Morgan fingerprint density at radius 2 is 2.21 bits per heavy atom. The minimum atomic E-state index is -0.969. The normalized spacial score (nSPS) is 12.5. The standard InChI is InChI=1S/C10H15NO3/c1-7-6-8(2-3-9(7)11)14-10(13)4-5-12/h2-3,6,10,12-13H,4-5,11H2,1H3. The summed E-state index contributed by atoms with van der Waals surface area (Å²) in [7, 11) is 0. The van der Waals surface area contributed by atoms with Crippen LogP contribution in [-0.2, 0) is 0 Å². The highest BCUT2D eigenvalue weighted by Gasteiger charge is 2.05. The maximum absolute atomic E-state index is 9.25. The lowest BCUT2D eigenvalue weighted by Gasteiger charge is -2.13. The molecule has 0 aliphatic rings. The van der Waals surface area contributed by atoms with Crippen LogP contribution in [-0.4, -0.2) is 23.1 Å². The van der Waals surface area contributed by atoms with E-state index in [9.17, 15) is 5.11 Å². The summed E-state index contributed by atoms with van der Waals surface area (Å²) in [6.45, 7) is 1.76. The topological polar surface area (TPSA) is 75.7 Å². The highest BCUT2D eigenvalue weighted by atomic mass is 16.6. The second-order valence-electron chi connectivity index (χ2n) is 3.10. The molecular weight excluding hydrogens is 182 g/mol. The quantitative estimate of drug-likeness (QED) is 0.489. The van der Waals surface area contributed by atoms with Crippen molar-refractivity contribution in [1.82, 2.24) is 0 Å². The van der Waals surface area contributed by atoms with Gasteiger partial charge in [0.1, 0.15) is 5.75 Å². The van der Waals surface area contributed by atoms with E-state index in [0.29, 0.717) is 11.4 Å². The molecule has 1 unspecified atom stereocenters. The molecule has 0 saturated heterocycles. The molecule has 0 bridgehead atoms. The van der Waals surface area contributed by atoms with Gasteiger partial charge in [0.15, 0.2) is 6.29 Å². The third kappa shape index (κ3) is 2.90. The molecule has 0 amide bonds. The van der Waals surface area contributed by atoms with Gasteiger partial charge in [0.25, 0.3) is 0 Å². The third-order valence-electron chi connectivity index (χ3n) is 1.89. The Kier molecular flexibility index (Phi) is 3.73. The fourth-order valence-electron chi connectivity index (χ4n) is 1.05. The molecule has 1 atom stereocenters. The van der Waals surface area contributed by atoms with Crippen LogP contribution in [0.5, 0.6) is 5.75 Å². The smallest absolute Gasteiger partial charge is 0.199 e. The monoisotopic (exact) mass is 197 g/mol. The summed E-state index contributed by atoms with van der Waals surface area (Å²) in [6, 6.07) is 5.15. The van der Waals surface area contributed by atoms with Gasteiger partial charge in [-0.1, -0.05) is 0 Å². The van der Waals surface area contributed by atoms with Crippen LogP contribution in [0.1, 0.15) is 12.0 Å². The predicted octanol–water partition coefficient (Wildman–Crippen LogP) is 0.657. The molecule has 0 saturated carbocycles. The molecule has 0 spiro atoms. The fourth-order valence-corrected chi connectivity index (χ4v) is 1.05. The zero-order valence-electron chi connectivity index (χ0n) is 8.10. The van der Waals surface area contributed by atoms with Gasteiger partial charge >= 0.3 is 0 Å². The summed E-state index contributed by atoms with van der Waals surface area (Å²) < 4.78 is 5.13. The maximum atomic E-state index is 9.25. The molecule has 1 rings (SSSR count). The van der Waals surface area contributed by atoms with E-state index in [4.69, 9.17) is 15.6 Å². The van der Waals surface area contributed by atoms with Crippen LogP contribution < -0.4 is 10.5 Å². The number of nitrogen functional groups attached to an aromatic ring is 1. The van der Waals surface area contributed by atoms with Gasteiger partial charge in [-0.05, 0) is 30.7 Å². The van der Waals surface area contributed by atoms with E-state index < -0.39 is 6.29 Å². The number of aryl methyl sites for hydroxylation is 1. The van der Waals surface area contributed by atoms with Crippen LogP contribution >= 0.6 is 0 Å². The molecule has 0 fully saturated rings. The molecular formula is C10H15NO3. The molecule has 0 heterocycles. The first-order valence-corrected chi connectivity index (χ1v) is 4.45. The molecule has 0 radical (unpaired) electrons. The lowest BCUT2D eigenvalue weighted by Crippen LogP contribution is -2.16. The number of hydrogen-bond acceptors (Lipinski definition) is 4. The first-order valence-electron chi connectivity index (χ1n) is 4.45. The van der Waals surface area contributed by atoms with Crippen LogP contribution in [0.25, 0.3) is 0 Å². The Morgan fingerprint density at radius 3 is 2.79 bits per heavy atom. The first-order chi connectivity index (χ1) is 6.63. The molecule has 0 aliphatic carbocycles. The molecule has 78 valence electrons. The van der Waals surface area contributed by atoms with Gasteiger partial charge in [-0.15, -0.1) is 0 Å². The first kappa shape index (κ1) is 10.8. The van der Waals surface area contributed by atoms with Crippen molar-refractivity contribution in [1.29, 1.82) is 0 Å². The Morgan fingerprint density at radius 1 is 1.50 bits per heavy atom. The second kappa shape index (κ2) is 4.83. The molecule has 1 aromatic carbocycles. The molecule has 4 heteroatoms. The summed E-state index contributed by atoms with van der Waals surface area (Å²) in [5.74, 6) is 0.553. The summed E-state index contributed by atoms with van der Waals surface area (Å²) in [4.78, 5) is 0. The number of hydrogen-bond donors (Lipinski definition) is 3. The van der Waals surface area contributed by atoms with E-state index in [-0.39, 0.29) is 13.0 Å². The lowest BCUT2D eigenvalue weighted by molar-refractivity contribution is -0.0327. The Labute approximate surface area is 82.9 Å². The minimum Gasteiger partial charge on any atom is -0.465 e. The molecule has 14 heavy (non-hydrogen) atoms. The van der Waals surface area contributed by atoms with E-state index in [0.717, 1.165) is 5.56 Å². The number of aliphatic hydroxyl groups excluding tert-OH is 2. The van der Waals surface area contributed by atoms with Gasteiger partial charge in [0, 0.05) is 18.7 Å². The fraction of sp³-hybridized carbons (Fsp3) is 0.400. The number of anilines is 1. The van der Waals surface area contributed by atoms with Crippen molar-refractivity contribution in [3.8, 4) is 5.75 Å². The molecule has 4 N–H and O–H groups in total. The molecule has 1 aromatic rings. The van der Waals surface area contributed by atoms with Gasteiger partial charge in [-0.2, -0.15) is 0 Å². The van der Waals surface area contributed by atoms with Gasteiger partial charge in [-0.3, -0.25) is 0 Å². The number of benzene rings is 1. The highest BCUT2D eigenvalue weighted by Crippen LogP contribution is 2.19. The zero-order chi connectivity index (χ0) is 10.6. The SMILES string of the molecule is Cc1cc(OC(O)CCO)ccc1N. The van der Waals surface area contributed by atoms with E-state index in [1.165, 1.54) is 0 Å². The number of aliphatic hydroxyl groups is 2. The van der Waals surface area contributed by atoms with Gasteiger partial charge in [0.2, 0.25) is 0 Å². The maximum Gasteiger partial charge on any atom is 0.199 e. The zero-order valence-corrected chi connectivity index (χ0v) is 8.10. The van der Waals surface area contributed by atoms with Gasteiger partial charge in [0.05, 0.1) is 0 Å². The Hall–Kier alpha value is -1.26. The lowest BCUT2D eigenvalue weighted by atomic mass is 10.2. The van der Waals surface area contributed by atoms with Crippen LogP contribution in [0, 0.1) is 6.92 Å². The van der Waals surface area contributed by atoms with Crippen molar-refractivity contribution in [2.45, 2.75) is 19.6 Å². The highest BCUT2D eigenvalue weighted by molar-refractivity contribution is 5.49. The van der Waals surface area contributed by atoms with Gasteiger partial charge in [-0.25, -0.2) is 0 Å². The largest absolute Gasteiger partial charge is 0.465 e. The van der Waals surface area contributed by atoms with E-state index >= 15 is 0 Å². The summed E-state index contributed by atoms with van der Waals surface area (Å²) >= 11 is 0. The van der Waals surface area contributed by atoms with Crippen molar-refractivity contribution in [3.05, 3.63) is 23.8 Å². The van der Waals surface area contributed by atoms with E-state index in [1.54, 1.807) is 18.2 Å². The van der Waals surface area contributed by atoms with Crippen LogP contribution in [0.4, 0.5) is 5.69 Å². The Bertz CT molecular complexity index is 301. The third-order valence-corrected chi connectivity index (χ3v) is 1.89. The van der Waals surface area contributed by atoms with Crippen molar-refractivity contribution < 1.29 is 14.9 Å². The van der Waals surface area contributed by atoms with Crippen molar-refractivity contribution in [3.63, 3.8) is 0 Å². The number of ether oxygens (including phenoxy) is 1. The van der Waals surface area contributed by atoms with Gasteiger partial charge < -0.3 is 20.7 Å². The summed E-state index contributed by atoms with van der Waals surface area (Å²) in [5.41, 5.74) is 7.21. The van der Waals surface area contributed by atoms with E-state index in [1.807, 2.05) is 6.92 Å². The van der Waals surface area contributed by atoms with Crippen LogP contribution in [0.2, 0.25) is 0 Å². The summed E-state index contributed by atoms with van der Waals surface area (Å²) in [6.07, 6.45) is -0.772. The van der Waals surface area contributed by atoms with Crippen molar-refractivity contribution in [2.24, 2.45) is 0 Å². The summed E-state index contributed by atoms with van der Waals surface area (Å²) in [5, 5.41) is 17.8. The van der Waals surface area contributed by atoms with Crippen molar-refractivity contribution in [2.75, 3.05) is 12.3 Å². The molecule has 0 aliphatic heterocycles. The molecule has 4 nitrogen and oxygen atoms in total. The van der Waals surface area contributed by atoms with Crippen molar-refractivity contribution >= 4 is 5.69 Å². The average Bonchev–Trinajstić information content (AvgIpc) is 2.12. The average molecular weight is 197 g/mol. The minimum absolute atomic E-state index is 0.102. The number of nitrogens with two attached hydrogens (primary N) is 1. The van der Waals surface area contributed by atoms with E-state index in [2.05, 4.69) is 0 Å². The predicted molar refractivity (Wildman–Crippen MR) is 53.9 cm³/mol.